The molecule has 0 spiro atoms. The summed E-state index contributed by atoms with van der Waals surface area (Å²) >= 11 is 10.9. The van der Waals surface area contributed by atoms with Crippen LogP contribution in [0.5, 0.6) is 0 Å². The largest absolute Gasteiger partial charge is 0.616 e. The van der Waals surface area contributed by atoms with Gasteiger partial charge in [-0.2, -0.15) is 13.2 Å². The summed E-state index contributed by atoms with van der Waals surface area (Å²) in [7, 11) is 0. The first kappa shape index (κ1) is 24.0. The number of ether oxygens (including phenoxy) is 1. The Morgan fingerprint density at radius 1 is 1.21 bits per heavy atom. The summed E-state index contributed by atoms with van der Waals surface area (Å²) in [5.74, 6) is 0.383. The van der Waals surface area contributed by atoms with Gasteiger partial charge in [0.2, 0.25) is 0 Å². The molecular formula is C21H17Cl2F3N2O4S. The molecular weight excluding hydrogens is 504 g/mol. The molecule has 6 nitrogen and oxygen atoms in total. The van der Waals surface area contributed by atoms with E-state index in [0.717, 1.165) is 17.0 Å². The van der Waals surface area contributed by atoms with Gasteiger partial charge in [0.25, 0.3) is 11.5 Å². The average molecular weight is 521 g/mol. The van der Waals surface area contributed by atoms with Gasteiger partial charge in [-0.15, -0.1) is 0 Å². The molecule has 0 aliphatic carbocycles. The number of carbonyl (C=O) groups is 2. The van der Waals surface area contributed by atoms with Gasteiger partial charge in [-0.05, 0) is 60.1 Å². The van der Waals surface area contributed by atoms with E-state index in [0.29, 0.717) is 22.6 Å². The Bertz CT molecular complexity index is 1110. The first-order chi connectivity index (χ1) is 15.4. The van der Waals surface area contributed by atoms with E-state index in [1.165, 1.54) is 24.3 Å². The Kier molecular flexibility index (Phi) is 6.24. The lowest BCUT2D eigenvalue weighted by molar-refractivity contribution is -0.250. The van der Waals surface area contributed by atoms with E-state index in [4.69, 9.17) is 27.9 Å². The van der Waals surface area contributed by atoms with Crippen molar-refractivity contribution in [3.63, 3.8) is 0 Å². The third kappa shape index (κ3) is 4.49. The average Bonchev–Trinajstić information content (AvgIpc) is 3.04. The summed E-state index contributed by atoms with van der Waals surface area (Å²) in [4.78, 5) is 25.9. The number of aryl methyl sites for hydroxylation is 1. The van der Waals surface area contributed by atoms with Crippen molar-refractivity contribution in [1.82, 2.24) is 5.32 Å². The van der Waals surface area contributed by atoms with Crippen LogP contribution >= 0.6 is 23.2 Å². The summed E-state index contributed by atoms with van der Waals surface area (Å²) in [5, 5.41) is 2.69. The number of anilines is 1. The highest BCUT2D eigenvalue weighted by Crippen LogP contribution is 2.48. The van der Waals surface area contributed by atoms with Gasteiger partial charge >= 0.3 is 12.3 Å². The molecule has 12 heteroatoms. The van der Waals surface area contributed by atoms with Crippen LogP contribution in [0.1, 0.15) is 21.5 Å². The van der Waals surface area contributed by atoms with Crippen LogP contribution in [0.4, 0.5) is 23.7 Å². The number of amides is 2. The van der Waals surface area contributed by atoms with Crippen molar-refractivity contribution in [1.29, 1.82) is 0 Å². The van der Waals surface area contributed by atoms with Crippen LogP contribution in [0, 0.1) is 6.92 Å². The lowest BCUT2D eigenvalue weighted by atomic mass is 9.92. The monoisotopic (exact) mass is 520 g/mol. The molecule has 2 aromatic rings. The molecule has 4 rings (SSSR count). The topological polar surface area (TPSA) is 81.7 Å². The molecule has 1 N–H and O–H groups in total. The number of carbonyl (C=O) groups excluding carboxylic acids is 2. The minimum absolute atomic E-state index is 0.0304. The number of hydrogen-bond acceptors (Lipinski definition) is 4. The van der Waals surface area contributed by atoms with Gasteiger partial charge in [-0.1, -0.05) is 23.2 Å². The molecule has 2 amide bonds. The number of nitrogens with one attached hydrogen (secondary N) is 1. The number of rotatable bonds is 4. The second-order valence-electron chi connectivity index (χ2n) is 7.88. The van der Waals surface area contributed by atoms with Gasteiger partial charge in [-0.25, -0.2) is 4.79 Å². The third-order valence-corrected chi connectivity index (χ3v) is 7.51. The van der Waals surface area contributed by atoms with Crippen LogP contribution in [-0.2, 0) is 21.5 Å². The minimum atomic E-state index is -4.96. The fourth-order valence-electron chi connectivity index (χ4n) is 3.79. The van der Waals surface area contributed by atoms with Gasteiger partial charge in [0, 0.05) is 26.9 Å². The van der Waals surface area contributed by atoms with Crippen LogP contribution in [-0.4, -0.2) is 46.8 Å². The van der Waals surface area contributed by atoms with E-state index < -0.39 is 41.2 Å². The Labute approximate surface area is 200 Å². The molecule has 2 aliphatic rings. The molecule has 2 saturated heterocycles. The molecule has 2 aliphatic heterocycles. The molecule has 2 heterocycles. The molecule has 0 radical (unpaired) electrons. The Hall–Kier alpha value is -2.14. The maximum Gasteiger partial charge on any atom is 0.434 e. The fraction of sp³-hybridized carbons (Fsp3) is 0.333. The van der Waals surface area contributed by atoms with Crippen LogP contribution < -0.4 is 10.2 Å². The quantitative estimate of drug-likeness (QED) is 0.598. The van der Waals surface area contributed by atoms with Gasteiger partial charge in [0.1, 0.15) is 17.5 Å². The zero-order valence-corrected chi connectivity index (χ0v) is 19.4. The van der Waals surface area contributed by atoms with Crippen LogP contribution in [0.3, 0.4) is 0 Å². The highest BCUT2D eigenvalue weighted by Gasteiger charge is 2.65. The van der Waals surface area contributed by atoms with Gasteiger partial charge in [-0.3, -0.25) is 9.69 Å². The zero-order chi connectivity index (χ0) is 24.1. The number of halogens is 5. The first-order valence-electron chi connectivity index (χ1n) is 9.70. The fourth-order valence-corrected chi connectivity index (χ4v) is 5.28. The third-order valence-electron chi connectivity index (χ3n) is 5.53. The number of nitrogens with zero attached hydrogens (tertiary/aromatic N) is 1. The number of alkyl halides is 3. The SMILES string of the molecule is Cc1cc(N2CC(c3cc(Cl)cc(Cl)c3)(C(F)(F)F)OC2=O)ccc1C(=O)NC1C[S+]([O-])C1. The summed E-state index contributed by atoms with van der Waals surface area (Å²) in [6, 6.07) is 7.45. The highest BCUT2D eigenvalue weighted by atomic mass is 35.5. The molecule has 1 atom stereocenters. The van der Waals surface area contributed by atoms with E-state index in [1.807, 2.05) is 0 Å². The lowest BCUT2D eigenvalue weighted by Gasteiger charge is -2.30. The van der Waals surface area contributed by atoms with Gasteiger partial charge in [0.05, 0.1) is 6.54 Å². The van der Waals surface area contributed by atoms with Crippen LogP contribution in [0.2, 0.25) is 10.0 Å². The Morgan fingerprint density at radius 3 is 2.39 bits per heavy atom. The second kappa shape index (κ2) is 8.57. The molecule has 0 aromatic heterocycles. The zero-order valence-electron chi connectivity index (χ0n) is 17.0. The van der Waals surface area contributed by atoms with Crippen molar-refractivity contribution in [2.45, 2.75) is 24.7 Å². The maximum absolute atomic E-state index is 14.2. The normalized spacial score (nSPS) is 24.9. The van der Waals surface area contributed by atoms with Crippen molar-refractivity contribution in [3.05, 3.63) is 63.1 Å². The number of benzene rings is 2. The lowest BCUT2D eigenvalue weighted by Crippen LogP contribution is -2.53. The van der Waals surface area contributed by atoms with E-state index in [9.17, 15) is 27.3 Å². The van der Waals surface area contributed by atoms with Gasteiger partial charge < -0.3 is 14.6 Å². The van der Waals surface area contributed by atoms with Crippen molar-refractivity contribution < 1.29 is 32.0 Å². The molecule has 33 heavy (non-hydrogen) atoms. The smallest absolute Gasteiger partial charge is 0.434 e. The molecule has 0 saturated carbocycles. The van der Waals surface area contributed by atoms with Crippen molar-refractivity contribution in [3.8, 4) is 0 Å². The summed E-state index contributed by atoms with van der Waals surface area (Å²) in [6.07, 6.45) is -6.15. The van der Waals surface area contributed by atoms with Crippen LogP contribution in [0.15, 0.2) is 36.4 Å². The molecule has 0 bridgehead atoms. The second-order valence-corrected chi connectivity index (χ2v) is 10.3. The molecule has 2 aromatic carbocycles. The van der Waals surface area contributed by atoms with E-state index in [2.05, 4.69) is 5.32 Å². The minimum Gasteiger partial charge on any atom is -0.616 e. The van der Waals surface area contributed by atoms with E-state index >= 15 is 0 Å². The predicted octanol–water partition coefficient (Wildman–Crippen LogP) is 4.58. The molecule has 1 unspecified atom stereocenters. The standard InChI is InChI=1S/C21H17Cl2F3N2O4S/c1-11-4-16(2-3-17(11)18(29)27-15-8-33(31)9-15)28-10-20(21(24,25)26,32-19(28)30)12-5-13(22)7-14(23)6-12/h2-7,15H,8-10H2,1H3,(H,27,29). The van der Waals surface area contributed by atoms with Crippen molar-refractivity contribution in [2.75, 3.05) is 23.0 Å². The van der Waals surface area contributed by atoms with Crippen molar-refractivity contribution >= 4 is 52.1 Å². The van der Waals surface area contributed by atoms with E-state index in [-0.39, 0.29) is 27.7 Å². The van der Waals surface area contributed by atoms with Crippen LogP contribution in [0.25, 0.3) is 0 Å². The summed E-state index contributed by atoms with van der Waals surface area (Å²) < 4.78 is 58.7. The highest BCUT2D eigenvalue weighted by molar-refractivity contribution is 7.92. The maximum atomic E-state index is 14.2. The molecule has 2 fully saturated rings. The summed E-state index contributed by atoms with van der Waals surface area (Å²) in [5.41, 5.74) is -2.48. The summed E-state index contributed by atoms with van der Waals surface area (Å²) in [6.45, 7) is 0.747. The first-order valence-corrected chi connectivity index (χ1v) is 11.9. The Balaban J connectivity index is 1.62. The van der Waals surface area contributed by atoms with E-state index in [1.54, 1.807) is 6.92 Å². The molecule has 176 valence electrons. The number of cyclic esters (lactones) is 1. The number of hydrogen-bond donors (Lipinski definition) is 1. The predicted molar refractivity (Wildman–Crippen MR) is 118 cm³/mol. The van der Waals surface area contributed by atoms with Crippen molar-refractivity contribution in [2.24, 2.45) is 0 Å². The van der Waals surface area contributed by atoms with Gasteiger partial charge in [0.15, 0.2) is 0 Å². The Morgan fingerprint density at radius 2 is 1.85 bits per heavy atom.